The number of benzene rings is 2. The maximum absolute atomic E-state index is 13.1. The summed E-state index contributed by atoms with van der Waals surface area (Å²) in [7, 11) is 0. The van der Waals surface area contributed by atoms with Crippen molar-refractivity contribution in [1.29, 1.82) is 0 Å². The molecule has 0 aliphatic rings. The molecule has 0 spiro atoms. The van der Waals surface area contributed by atoms with Crippen LogP contribution < -0.4 is 15.9 Å². The highest BCUT2D eigenvalue weighted by Crippen LogP contribution is 2.15. The van der Waals surface area contributed by atoms with Crippen molar-refractivity contribution in [1.82, 2.24) is 5.43 Å². The van der Waals surface area contributed by atoms with E-state index in [9.17, 15) is 14.0 Å². The number of hydrogen-bond acceptors (Lipinski definition) is 4. The molecular formula is C15H12FN3O3. The molecule has 0 fully saturated rings. The molecule has 6 nitrogen and oxygen atoms in total. The van der Waals surface area contributed by atoms with Gasteiger partial charge in [0.05, 0.1) is 11.8 Å². The molecule has 0 atom stereocenters. The standard InChI is InChI=1S/C15H12FN3O3/c16-12-5-2-4-11(8-12)14(20)22-13-6-1-3-10(7-13)9-18-19-15(17)21/h1-9H,(H3,17,19,21)/b18-9-. The highest BCUT2D eigenvalue weighted by atomic mass is 19.1. The van der Waals surface area contributed by atoms with Crippen LogP contribution in [0.25, 0.3) is 0 Å². The van der Waals surface area contributed by atoms with E-state index in [2.05, 4.69) is 5.10 Å². The van der Waals surface area contributed by atoms with Gasteiger partial charge in [-0.25, -0.2) is 19.4 Å². The number of hydrazone groups is 1. The van der Waals surface area contributed by atoms with Gasteiger partial charge in [-0.15, -0.1) is 0 Å². The zero-order valence-corrected chi connectivity index (χ0v) is 11.3. The number of nitrogens with two attached hydrogens (primary N) is 1. The summed E-state index contributed by atoms with van der Waals surface area (Å²) in [5.41, 5.74) is 7.60. The van der Waals surface area contributed by atoms with E-state index >= 15 is 0 Å². The van der Waals surface area contributed by atoms with Crippen molar-refractivity contribution in [2.75, 3.05) is 0 Å². The van der Waals surface area contributed by atoms with E-state index in [1.807, 2.05) is 5.43 Å². The van der Waals surface area contributed by atoms with Crippen LogP contribution in [0.4, 0.5) is 9.18 Å². The summed E-state index contributed by atoms with van der Waals surface area (Å²) >= 11 is 0. The number of esters is 1. The quantitative estimate of drug-likeness (QED) is 0.391. The van der Waals surface area contributed by atoms with Crippen LogP contribution in [0.2, 0.25) is 0 Å². The average Bonchev–Trinajstić information content (AvgIpc) is 2.47. The Morgan fingerprint density at radius 1 is 1.18 bits per heavy atom. The lowest BCUT2D eigenvalue weighted by atomic mass is 10.2. The van der Waals surface area contributed by atoms with Crippen LogP contribution in [-0.4, -0.2) is 18.2 Å². The second-order valence-corrected chi connectivity index (χ2v) is 4.21. The van der Waals surface area contributed by atoms with Crippen molar-refractivity contribution in [3.63, 3.8) is 0 Å². The minimum atomic E-state index is -0.787. The van der Waals surface area contributed by atoms with Crippen molar-refractivity contribution in [2.24, 2.45) is 10.8 Å². The van der Waals surface area contributed by atoms with E-state index in [1.54, 1.807) is 18.2 Å². The molecule has 0 unspecified atom stereocenters. The molecule has 7 heteroatoms. The fraction of sp³-hybridized carbons (Fsp3) is 0. The topological polar surface area (TPSA) is 93.8 Å². The van der Waals surface area contributed by atoms with Crippen molar-refractivity contribution >= 4 is 18.2 Å². The molecule has 2 amide bonds. The SMILES string of the molecule is NC(=O)N/N=C\c1cccc(OC(=O)c2cccc(F)c2)c1. The predicted molar refractivity (Wildman–Crippen MR) is 78.1 cm³/mol. The molecule has 0 bridgehead atoms. The predicted octanol–water partition coefficient (Wildman–Crippen LogP) is 2.05. The Balaban J connectivity index is 2.08. The number of carbonyl (C=O) groups is 2. The van der Waals surface area contributed by atoms with Crippen molar-refractivity contribution in [2.45, 2.75) is 0 Å². The van der Waals surface area contributed by atoms with Gasteiger partial charge in [-0.05, 0) is 35.9 Å². The van der Waals surface area contributed by atoms with Crippen LogP contribution >= 0.6 is 0 Å². The highest BCUT2D eigenvalue weighted by Gasteiger charge is 2.09. The number of ether oxygens (including phenoxy) is 1. The van der Waals surface area contributed by atoms with Gasteiger partial charge in [0, 0.05) is 0 Å². The summed E-state index contributed by atoms with van der Waals surface area (Å²) in [5, 5.41) is 3.59. The molecule has 2 aromatic rings. The molecule has 0 saturated heterocycles. The number of rotatable bonds is 4. The van der Waals surface area contributed by atoms with Gasteiger partial charge in [0.15, 0.2) is 0 Å². The van der Waals surface area contributed by atoms with Gasteiger partial charge in [-0.2, -0.15) is 5.10 Å². The lowest BCUT2D eigenvalue weighted by molar-refractivity contribution is 0.0734. The number of halogens is 1. The minimum Gasteiger partial charge on any atom is -0.423 e. The van der Waals surface area contributed by atoms with Crippen LogP contribution in [0, 0.1) is 5.82 Å². The molecule has 0 radical (unpaired) electrons. The second-order valence-electron chi connectivity index (χ2n) is 4.21. The first-order chi connectivity index (χ1) is 10.5. The molecule has 22 heavy (non-hydrogen) atoms. The Hall–Kier alpha value is -3.22. The van der Waals surface area contributed by atoms with Gasteiger partial charge in [-0.3, -0.25) is 0 Å². The van der Waals surface area contributed by atoms with E-state index < -0.39 is 17.8 Å². The highest BCUT2D eigenvalue weighted by molar-refractivity contribution is 5.91. The van der Waals surface area contributed by atoms with Crippen LogP contribution in [0.15, 0.2) is 53.6 Å². The van der Waals surface area contributed by atoms with Crippen molar-refractivity contribution in [3.8, 4) is 5.75 Å². The van der Waals surface area contributed by atoms with E-state index in [0.717, 1.165) is 6.07 Å². The number of nitrogens with one attached hydrogen (secondary N) is 1. The average molecular weight is 301 g/mol. The maximum atomic E-state index is 13.1. The second kappa shape index (κ2) is 6.98. The monoisotopic (exact) mass is 301 g/mol. The van der Waals surface area contributed by atoms with Crippen LogP contribution in [0.3, 0.4) is 0 Å². The number of urea groups is 1. The van der Waals surface area contributed by atoms with Gasteiger partial charge in [0.25, 0.3) is 0 Å². The molecule has 112 valence electrons. The van der Waals surface area contributed by atoms with Gasteiger partial charge in [-0.1, -0.05) is 18.2 Å². The molecule has 2 rings (SSSR count). The Labute approximate surface area is 125 Å². The molecule has 0 saturated carbocycles. The molecular weight excluding hydrogens is 289 g/mol. The summed E-state index contributed by atoms with van der Waals surface area (Å²) < 4.78 is 18.2. The Morgan fingerprint density at radius 2 is 1.95 bits per heavy atom. The van der Waals surface area contributed by atoms with E-state index in [0.29, 0.717) is 5.56 Å². The molecule has 0 heterocycles. The Bertz CT molecular complexity index is 731. The summed E-state index contributed by atoms with van der Waals surface area (Å²) in [6, 6.07) is 10.8. The van der Waals surface area contributed by atoms with Crippen LogP contribution in [0.1, 0.15) is 15.9 Å². The number of hydrogen-bond donors (Lipinski definition) is 2. The van der Waals surface area contributed by atoms with Gasteiger partial charge in [0.1, 0.15) is 11.6 Å². The Kier molecular flexibility index (Phi) is 4.81. The van der Waals surface area contributed by atoms with E-state index in [1.165, 1.54) is 30.5 Å². The third-order valence-electron chi connectivity index (χ3n) is 2.52. The molecule has 0 aromatic heterocycles. The van der Waals surface area contributed by atoms with E-state index in [-0.39, 0.29) is 11.3 Å². The van der Waals surface area contributed by atoms with Crippen molar-refractivity contribution < 1.29 is 18.7 Å². The lowest BCUT2D eigenvalue weighted by Gasteiger charge is -2.05. The number of primary amides is 1. The lowest BCUT2D eigenvalue weighted by Crippen LogP contribution is -2.24. The normalized spacial score (nSPS) is 10.4. The van der Waals surface area contributed by atoms with Crippen LogP contribution in [0.5, 0.6) is 5.75 Å². The smallest absolute Gasteiger partial charge is 0.343 e. The first-order valence-electron chi connectivity index (χ1n) is 6.21. The summed E-state index contributed by atoms with van der Waals surface area (Å²) in [6.07, 6.45) is 1.34. The van der Waals surface area contributed by atoms with Crippen LogP contribution in [-0.2, 0) is 0 Å². The molecule has 0 aliphatic carbocycles. The third kappa shape index (κ3) is 4.41. The van der Waals surface area contributed by atoms with Gasteiger partial charge < -0.3 is 10.5 Å². The third-order valence-corrected chi connectivity index (χ3v) is 2.52. The van der Waals surface area contributed by atoms with Gasteiger partial charge >= 0.3 is 12.0 Å². The Morgan fingerprint density at radius 3 is 2.68 bits per heavy atom. The zero-order chi connectivity index (χ0) is 15.9. The summed E-state index contributed by atoms with van der Waals surface area (Å²) in [6.45, 7) is 0. The number of carbonyl (C=O) groups excluding carboxylic acids is 2. The fourth-order valence-corrected chi connectivity index (χ4v) is 1.61. The zero-order valence-electron chi connectivity index (χ0n) is 11.3. The molecule has 3 N–H and O–H groups in total. The number of amides is 2. The molecule has 2 aromatic carbocycles. The number of nitrogens with zero attached hydrogens (tertiary/aromatic N) is 1. The minimum absolute atomic E-state index is 0.106. The molecule has 0 aliphatic heterocycles. The first-order valence-corrected chi connectivity index (χ1v) is 6.21. The first kappa shape index (κ1) is 15.2. The summed E-state index contributed by atoms with van der Waals surface area (Å²) in [5.74, 6) is -0.936. The summed E-state index contributed by atoms with van der Waals surface area (Å²) in [4.78, 5) is 22.4. The fourth-order valence-electron chi connectivity index (χ4n) is 1.61. The maximum Gasteiger partial charge on any atom is 0.343 e. The van der Waals surface area contributed by atoms with Gasteiger partial charge in [0.2, 0.25) is 0 Å². The largest absolute Gasteiger partial charge is 0.423 e. The van der Waals surface area contributed by atoms with Crippen molar-refractivity contribution in [3.05, 3.63) is 65.5 Å². The van der Waals surface area contributed by atoms with E-state index in [4.69, 9.17) is 10.5 Å².